The molecule has 1 aliphatic heterocycles. The van der Waals surface area contributed by atoms with Gasteiger partial charge < -0.3 is 10.2 Å². The van der Waals surface area contributed by atoms with E-state index in [0.29, 0.717) is 6.04 Å². The number of hydrogen-bond donors (Lipinski definition) is 1. The Morgan fingerprint density at radius 1 is 0.933 bits per heavy atom. The quantitative estimate of drug-likeness (QED) is 0.663. The molecule has 1 aromatic carbocycles. The average molecular weight is 404 g/mol. The number of rotatable bonds is 3. The monoisotopic (exact) mass is 403 g/mol. The Morgan fingerprint density at radius 2 is 1.63 bits per heavy atom. The second kappa shape index (κ2) is 7.31. The Morgan fingerprint density at radius 3 is 2.27 bits per heavy atom. The molecule has 1 saturated heterocycles. The van der Waals surface area contributed by atoms with E-state index in [2.05, 4.69) is 103 Å². The molecular weight excluding hydrogens is 370 g/mol. The molecule has 0 amide bonds. The van der Waals surface area contributed by atoms with Crippen LogP contribution in [0.2, 0.25) is 0 Å². The number of aryl methyl sites for hydroxylation is 2. The molecule has 3 aromatic rings. The number of nitrogens with one attached hydrogen (secondary N) is 1. The Bertz CT molecular complexity index is 1050. The molecule has 158 valence electrons. The standard InChI is InChI=1S/C25H33N5/c1-16-12-18-8-9-19(13-21(18)17(2)26-16)22-10-11-23(28-27-22)30(7)20-14-24(3,4)29-25(5,6)15-20/h8-13,20,29H,14-15H2,1-7H3. The summed E-state index contributed by atoms with van der Waals surface area (Å²) in [5.74, 6) is 0.923. The molecule has 1 fully saturated rings. The van der Waals surface area contributed by atoms with Crippen LogP contribution in [-0.4, -0.2) is 39.3 Å². The largest absolute Gasteiger partial charge is 0.355 e. The van der Waals surface area contributed by atoms with E-state index in [-0.39, 0.29) is 11.1 Å². The highest BCUT2D eigenvalue weighted by Gasteiger charge is 2.39. The third-order valence-electron chi connectivity index (χ3n) is 6.18. The lowest BCUT2D eigenvalue weighted by molar-refractivity contribution is 0.160. The maximum atomic E-state index is 4.60. The van der Waals surface area contributed by atoms with Crippen molar-refractivity contribution >= 4 is 16.6 Å². The SMILES string of the molecule is Cc1cc2ccc(-c3ccc(N(C)C4CC(C)(C)NC(C)(C)C4)nn3)cc2c(C)n1. The molecular formula is C25H33N5. The fourth-order valence-electron chi connectivity index (χ4n) is 5.13. The van der Waals surface area contributed by atoms with Crippen LogP contribution in [0.5, 0.6) is 0 Å². The Kier molecular flexibility index (Phi) is 5.05. The highest BCUT2D eigenvalue weighted by molar-refractivity contribution is 5.88. The van der Waals surface area contributed by atoms with Gasteiger partial charge in [-0.2, -0.15) is 0 Å². The van der Waals surface area contributed by atoms with Crippen molar-refractivity contribution in [2.75, 3.05) is 11.9 Å². The van der Waals surface area contributed by atoms with Crippen LogP contribution in [0.15, 0.2) is 36.4 Å². The van der Waals surface area contributed by atoms with Crippen molar-refractivity contribution in [3.8, 4) is 11.3 Å². The van der Waals surface area contributed by atoms with Gasteiger partial charge in [-0.3, -0.25) is 4.98 Å². The van der Waals surface area contributed by atoms with E-state index in [9.17, 15) is 0 Å². The molecule has 0 atom stereocenters. The van der Waals surface area contributed by atoms with Crippen LogP contribution < -0.4 is 10.2 Å². The average Bonchev–Trinajstić information content (AvgIpc) is 2.65. The summed E-state index contributed by atoms with van der Waals surface area (Å²) in [7, 11) is 2.14. The number of aromatic nitrogens is 3. The molecule has 5 nitrogen and oxygen atoms in total. The van der Waals surface area contributed by atoms with E-state index in [1.54, 1.807) is 0 Å². The summed E-state index contributed by atoms with van der Waals surface area (Å²) < 4.78 is 0. The molecule has 3 heterocycles. The summed E-state index contributed by atoms with van der Waals surface area (Å²) in [6, 6.07) is 13.2. The highest BCUT2D eigenvalue weighted by atomic mass is 15.3. The van der Waals surface area contributed by atoms with E-state index in [1.807, 2.05) is 6.92 Å². The first kappa shape index (κ1) is 20.7. The van der Waals surface area contributed by atoms with Crippen LogP contribution in [-0.2, 0) is 0 Å². The van der Waals surface area contributed by atoms with E-state index >= 15 is 0 Å². The van der Waals surface area contributed by atoms with E-state index in [0.717, 1.165) is 41.3 Å². The summed E-state index contributed by atoms with van der Waals surface area (Å²) in [6.07, 6.45) is 2.15. The zero-order valence-electron chi connectivity index (χ0n) is 19.2. The zero-order chi connectivity index (χ0) is 21.7. The topological polar surface area (TPSA) is 53.9 Å². The molecule has 1 N–H and O–H groups in total. The van der Waals surface area contributed by atoms with Crippen molar-refractivity contribution in [1.82, 2.24) is 20.5 Å². The van der Waals surface area contributed by atoms with Crippen LogP contribution in [0.3, 0.4) is 0 Å². The summed E-state index contributed by atoms with van der Waals surface area (Å²) in [4.78, 5) is 6.89. The lowest BCUT2D eigenvalue weighted by atomic mass is 9.79. The lowest BCUT2D eigenvalue weighted by Crippen LogP contribution is -2.62. The van der Waals surface area contributed by atoms with Gasteiger partial charge in [0.1, 0.15) is 0 Å². The van der Waals surface area contributed by atoms with E-state index in [1.165, 1.54) is 10.8 Å². The minimum absolute atomic E-state index is 0.101. The van der Waals surface area contributed by atoms with Crippen molar-refractivity contribution in [3.05, 3.63) is 47.8 Å². The molecule has 4 rings (SSSR count). The van der Waals surface area contributed by atoms with Crippen LogP contribution in [0.4, 0.5) is 5.82 Å². The smallest absolute Gasteiger partial charge is 0.151 e. The Hall–Kier alpha value is -2.53. The van der Waals surface area contributed by atoms with E-state index < -0.39 is 0 Å². The van der Waals surface area contributed by atoms with Gasteiger partial charge >= 0.3 is 0 Å². The molecule has 5 heteroatoms. The Balaban J connectivity index is 1.59. The predicted molar refractivity (Wildman–Crippen MR) is 125 cm³/mol. The number of fused-ring (bicyclic) bond motifs is 1. The van der Waals surface area contributed by atoms with Gasteiger partial charge in [-0.05, 0) is 84.0 Å². The molecule has 0 aliphatic carbocycles. The number of pyridine rings is 1. The van der Waals surface area contributed by atoms with Gasteiger partial charge in [0.25, 0.3) is 0 Å². The molecule has 0 unspecified atom stereocenters. The second-order valence-corrected chi connectivity index (χ2v) is 10.1. The van der Waals surface area contributed by atoms with E-state index in [4.69, 9.17) is 0 Å². The van der Waals surface area contributed by atoms with Gasteiger partial charge in [0.15, 0.2) is 5.82 Å². The summed E-state index contributed by atoms with van der Waals surface area (Å²) in [5.41, 5.74) is 4.26. The molecule has 1 aliphatic rings. The van der Waals surface area contributed by atoms with Gasteiger partial charge in [0.2, 0.25) is 0 Å². The minimum Gasteiger partial charge on any atom is -0.355 e. The van der Waals surface area contributed by atoms with Gasteiger partial charge in [-0.25, -0.2) is 0 Å². The number of nitrogens with zero attached hydrogens (tertiary/aromatic N) is 4. The molecule has 2 aromatic heterocycles. The molecule has 0 spiro atoms. The Labute approximate surface area is 179 Å². The van der Waals surface area contributed by atoms with Crippen molar-refractivity contribution < 1.29 is 0 Å². The lowest BCUT2D eigenvalue weighted by Gasteiger charge is -2.49. The van der Waals surface area contributed by atoms with Crippen molar-refractivity contribution in [1.29, 1.82) is 0 Å². The predicted octanol–water partition coefficient (Wildman–Crippen LogP) is 5.05. The highest BCUT2D eigenvalue weighted by Crippen LogP contribution is 2.33. The van der Waals surface area contributed by atoms with Crippen LogP contribution in [0.25, 0.3) is 22.0 Å². The third kappa shape index (κ3) is 4.17. The second-order valence-electron chi connectivity index (χ2n) is 10.1. The molecule has 0 saturated carbocycles. The number of hydrogen-bond acceptors (Lipinski definition) is 5. The summed E-state index contributed by atoms with van der Waals surface area (Å²) in [5, 5.41) is 15.3. The molecule has 0 radical (unpaired) electrons. The van der Waals surface area contributed by atoms with Crippen molar-refractivity contribution in [3.63, 3.8) is 0 Å². The first-order valence-electron chi connectivity index (χ1n) is 10.8. The maximum Gasteiger partial charge on any atom is 0.151 e. The third-order valence-corrected chi connectivity index (χ3v) is 6.18. The van der Waals surface area contributed by atoms with Crippen molar-refractivity contribution in [2.24, 2.45) is 0 Å². The summed E-state index contributed by atoms with van der Waals surface area (Å²) in [6.45, 7) is 13.2. The molecule has 30 heavy (non-hydrogen) atoms. The first-order chi connectivity index (χ1) is 14.0. The van der Waals surface area contributed by atoms with Gasteiger partial charge in [0.05, 0.1) is 5.69 Å². The minimum atomic E-state index is 0.101. The fraction of sp³-hybridized carbons (Fsp3) is 0.480. The number of anilines is 1. The zero-order valence-corrected chi connectivity index (χ0v) is 19.2. The molecule has 0 bridgehead atoms. The normalized spacial score (nSPS) is 18.5. The van der Waals surface area contributed by atoms with Gasteiger partial charge in [-0.15, -0.1) is 10.2 Å². The van der Waals surface area contributed by atoms with Crippen LogP contribution >= 0.6 is 0 Å². The summed E-state index contributed by atoms with van der Waals surface area (Å²) >= 11 is 0. The maximum absolute atomic E-state index is 4.60. The van der Waals surface area contributed by atoms with Crippen molar-refractivity contribution in [2.45, 2.75) is 71.5 Å². The fourth-order valence-corrected chi connectivity index (χ4v) is 5.13. The van der Waals surface area contributed by atoms with Crippen LogP contribution in [0.1, 0.15) is 51.9 Å². The first-order valence-corrected chi connectivity index (χ1v) is 10.8. The number of benzene rings is 1. The van der Waals surface area contributed by atoms with Gasteiger partial charge in [0, 0.05) is 46.5 Å². The van der Waals surface area contributed by atoms with Crippen LogP contribution in [0, 0.1) is 13.8 Å². The van der Waals surface area contributed by atoms with Gasteiger partial charge in [-0.1, -0.05) is 12.1 Å². The number of piperidine rings is 1.